The first kappa shape index (κ1) is 15.6. The average molecular weight is 305 g/mol. The third kappa shape index (κ3) is 2.95. The van der Waals surface area contributed by atoms with Crippen molar-refractivity contribution in [1.29, 1.82) is 0 Å². The lowest BCUT2D eigenvalue weighted by Gasteiger charge is -2.21. The topological polar surface area (TPSA) is 59.0 Å². The summed E-state index contributed by atoms with van der Waals surface area (Å²) >= 11 is 0. The van der Waals surface area contributed by atoms with Gasteiger partial charge in [-0.05, 0) is 30.3 Å². The van der Waals surface area contributed by atoms with E-state index in [1.807, 2.05) is 0 Å². The van der Waals surface area contributed by atoms with Gasteiger partial charge in [0.1, 0.15) is 23.1 Å². The van der Waals surface area contributed by atoms with E-state index in [2.05, 4.69) is 0 Å². The fourth-order valence-electron chi connectivity index (χ4n) is 2.03. The van der Waals surface area contributed by atoms with Crippen molar-refractivity contribution < 1.29 is 23.8 Å². The van der Waals surface area contributed by atoms with Gasteiger partial charge >= 0.3 is 0 Å². The lowest BCUT2D eigenvalue weighted by molar-refractivity contribution is 0.0989. The van der Waals surface area contributed by atoms with Crippen molar-refractivity contribution >= 4 is 11.6 Å². The van der Waals surface area contributed by atoms with E-state index in [1.165, 1.54) is 26.2 Å². The van der Waals surface area contributed by atoms with Crippen LogP contribution in [0.15, 0.2) is 36.4 Å². The van der Waals surface area contributed by atoms with E-state index >= 15 is 0 Å². The van der Waals surface area contributed by atoms with Crippen molar-refractivity contribution in [2.75, 3.05) is 26.2 Å². The van der Waals surface area contributed by atoms with Gasteiger partial charge in [-0.25, -0.2) is 4.39 Å². The Balaban J connectivity index is 2.40. The monoisotopic (exact) mass is 305 g/mol. The first-order chi connectivity index (χ1) is 10.5. The van der Waals surface area contributed by atoms with Crippen LogP contribution in [0.3, 0.4) is 0 Å². The maximum atomic E-state index is 13.3. The highest BCUT2D eigenvalue weighted by Gasteiger charge is 2.20. The third-order valence-electron chi connectivity index (χ3n) is 3.24. The smallest absolute Gasteiger partial charge is 0.261 e. The number of aromatic hydroxyl groups is 1. The second kappa shape index (κ2) is 6.34. The Bertz CT molecular complexity index is 703. The van der Waals surface area contributed by atoms with E-state index in [0.29, 0.717) is 17.2 Å². The third-order valence-corrected chi connectivity index (χ3v) is 3.24. The minimum absolute atomic E-state index is 0.125. The molecule has 0 bridgehead atoms. The number of halogens is 1. The van der Waals surface area contributed by atoms with Crippen LogP contribution >= 0.6 is 0 Å². The number of nitrogens with zero attached hydrogens (tertiary/aromatic N) is 1. The first-order valence-corrected chi connectivity index (χ1v) is 6.46. The molecule has 2 aromatic carbocycles. The molecule has 0 aromatic heterocycles. The summed E-state index contributed by atoms with van der Waals surface area (Å²) in [5.74, 6) is -0.441. The van der Waals surface area contributed by atoms with E-state index < -0.39 is 11.7 Å². The SMILES string of the molecule is COc1ccc(N(C)C(=O)c2cc(F)ccc2O)c(OC)c1. The van der Waals surface area contributed by atoms with Gasteiger partial charge in [-0.1, -0.05) is 0 Å². The Morgan fingerprint density at radius 3 is 2.50 bits per heavy atom. The molecule has 0 aliphatic carbocycles. The van der Waals surface area contributed by atoms with Gasteiger partial charge in [0.05, 0.1) is 25.5 Å². The molecule has 0 heterocycles. The van der Waals surface area contributed by atoms with Gasteiger partial charge in [-0.3, -0.25) is 4.79 Å². The minimum Gasteiger partial charge on any atom is -0.507 e. The zero-order chi connectivity index (χ0) is 16.3. The number of amides is 1. The van der Waals surface area contributed by atoms with Gasteiger partial charge in [-0.15, -0.1) is 0 Å². The molecule has 0 aliphatic heterocycles. The zero-order valence-electron chi connectivity index (χ0n) is 12.5. The summed E-state index contributed by atoms with van der Waals surface area (Å²) in [6.45, 7) is 0. The Kier molecular flexibility index (Phi) is 4.50. The predicted octanol–water partition coefficient (Wildman–Crippen LogP) is 2.83. The fraction of sp³-hybridized carbons (Fsp3) is 0.188. The summed E-state index contributed by atoms with van der Waals surface area (Å²) in [5.41, 5.74) is 0.345. The van der Waals surface area contributed by atoms with Crippen LogP contribution in [0.1, 0.15) is 10.4 Å². The lowest BCUT2D eigenvalue weighted by atomic mass is 10.1. The highest BCUT2D eigenvalue weighted by Crippen LogP contribution is 2.33. The molecule has 1 amide bonds. The molecule has 1 N–H and O–H groups in total. The van der Waals surface area contributed by atoms with E-state index in [-0.39, 0.29) is 11.3 Å². The van der Waals surface area contributed by atoms with E-state index in [0.717, 1.165) is 18.2 Å². The van der Waals surface area contributed by atoms with Crippen molar-refractivity contribution in [1.82, 2.24) is 0 Å². The number of hydrogen-bond acceptors (Lipinski definition) is 4. The van der Waals surface area contributed by atoms with Gasteiger partial charge in [0.15, 0.2) is 0 Å². The van der Waals surface area contributed by atoms with Crippen LogP contribution in [-0.4, -0.2) is 32.3 Å². The van der Waals surface area contributed by atoms with Crippen molar-refractivity contribution in [3.63, 3.8) is 0 Å². The van der Waals surface area contributed by atoms with Crippen molar-refractivity contribution in [2.24, 2.45) is 0 Å². The van der Waals surface area contributed by atoms with Crippen molar-refractivity contribution in [3.8, 4) is 17.2 Å². The number of hydrogen-bond donors (Lipinski definition) is 1. The molecule has 0 saturated carbocycles. The quantitative estimate of drug-likeness (QED) is 0.943. The maximum Gasteiger partial charge on any atom is 0.261 e. The molecular weight excluding hydrogens is 289 g/mol. The van der Waals surface area contributed by atoms with E-state index in [4.69, 9.17) is 9.47 Å². The fourth-order valence-corrected chi connectivity index (χ4v) is 2.03. The molecule has 0 spiro atoms. The molecule has 0 unspecified atom stereocenters. The largest absolute Gasteiger partial charge is 0.507 e. The molecule has 0 atom stereocenters. The summed E-state index contributed by atoms with van der Waals surface area (Å²) < 4.78 is 23.6. The Hall–Kier alpha value is -2.76. The van der Waals surface area contributed by atoms with Crippen LogP contribution in [0, 0.1) is 5.82 Å². The number of benzene rings is 2. The highest BCUT2D eigenvalue weighted by molar-refractivity contribution is 6.08. The number of phenolic OH excluding ortho intramolecular Hbond substituents is 1. The van der Waals surface area contributed by atoms with Gasteiger partial charge in [-0.2, -0.15) is 0 Å². The van der Waals surface area contributed by atoms with Crippen LogP contribution in [0.4, 0.5) is 10.1 Å². The number of ether oxygens (including phenoxy) is 2. The van der Waals surface area contributed by atoms with Gasteiger partial charge in [0, 0.05) is 13.1 Å². The zero-order valence-corrected chi connectivity index (χ0v) is 12.5. The standard InChI is InChI=1S/C16H16FNO4/c1-18(13-6-5-11(21-2)9-15(13)22-3)16(20)12-8-10(17)4-7-14(12)19/h4-9,19H,1-3H3. The van der Waals surface area contributed by atoms with Crippen LogP contribution in [0.2, 0.25) is 0 Å². The second-order valence-corrected chi connectivity index (χ2v) is 4.56. The summed E-state index contributed by atoms with van der Waals surface area (Å²) in [5, 5.41) is 9.74. The molecule has 2 aromatic rings. The maximum absolute atomic E-state index is 13.3. The molecule has 5 nitrogen and oxygen atoms in total. The number of anilines is 1. The lowest BCUT2D eigenvalue weighted by Crippen LogP contribution is -2.26. The number of carbonyl (C=O) groups is 1. The summed E-state index contributed by atoms with van der Waals surface area (Å²) in [7, 11) is 4.50. The molecule has 0 fully saturated rings. The Morgan fingerprint density at radius 2 is 1.86 bits per heavy atom. The van der Waals surface area contributed by atoms with Gasteiger partial charge in [0.25, 0.3) is 5.91 Å². The first-order valence-electron chi connectivity index (χ1n) is 6.46. The number of methoxy groups -OCH3 is 2. The van der Waals surface area contributed by atoms with E-state index in [1.54, 1.807) is 18.2 Å². The summed E-state index contributed by atoms with van der Waals surface area (Å²) in [6.07, 6.45) is 0. The summed E-state index contributed by atoms with van der Waals surface area (Å²) in [6, 6.07) is 8.16. The molecule has 0 radical (unpaired) electrons. The molecule has 6 heteroatoms. The van der Waals surface area contributed by atoms with E-state index in [9.17, 15) is 14.3 Å². The number of carbonyl (C=O) groups excluding carboxylic acids is 1. The average Bonchev–Trinajstić information content (AvgIpc) is 2.55. The normalized spacial score (nSPS) is 10.2. The van der Waals surface area contributed by atoms with Gasteiger partial charge in [0.2, 0.25) is 0 Å². The Morgan fingerprint density at radius 1 is 1.14 bits per heavy atom. The van der Waals surface area contributed by atoms with Crippen LogP contribution in [-0.2, 0) is 0 Å². The van der Waals surface area contributed by atoms with Crippen LogP contribution in [0.5, 0.6) is 17.2 Å². The Labute approximate surface area is 127 Å². The summed E-state index contributed by atoms with van der Waals surface area (Å²) in [4.78, 5) is 13.7. The molecule has 0 aliphatic rings. The van der Waals surface area contributed by atoms with Crippen LogP contribution < -0.4 is 14.4 Å². The van der Waals surface area contributed by atoms with Crippen LogP contribution in [0.25, 0.3) is 0 Å². The molecule has 2 rings (SSSR count). The number of phenols is 1. The van der Waals surface area contributed by atoms with Crippen molar-refractivity contribution in [3.05, 3.63) is 47.8 Å². The molecule has 0 saturated heterocycles. The predicted molar refractivity (Wildman–Crippen MR) is 80.3 cm³/mol. The molecule has 116 valence electrons. The highest BCUT2D eigenvalue weighted by atomic mass is 19.1. The molecular formula is C16H16FNO4. The molecule has 22 heavy (non-hydrogen) atoms. The number of rotatable bonds is 4. The van der Waals surface area contributed by atoms with Gasteiger partial charge < -0.3 is 19.5 Å². The van der Waals surface area contributed by atoms with Crippen molar-refractivity contribution in [2.45, 2.75) is 0 Å². The minimum atomic E-state index is -0.601. The second-order valence-electron chi connectivity index (χ2n) is 4.56.